The molecule has 150 valence electrons. The molecule has 0 unspecified atom stereocenters. The van der Waals surface area contributed by atoms with E-state index in [9.17, 15) is 0 Å². The van der Waals surface area contributed by atoms with Crippen LogP contribution in [-0.4, -0.2) is 30.0 Å². The van der Waals surface area contributed by atoms with Crippen LogP contribution in [0.3, 0.4) is 0 Å². The fourth-order valence-corrected chi connectivity index (χ4v) is 3.34. The highest BCUT2D eigenvalue weighted by molar-refractivity contribution is 9.13. The van der Waals surface area contributed by atoms with Gasteiger partial charge in [-0.15, -0.1) is 10.2 Å². The minimum absolute atomic E-state index is 0.722. The fourth-order valence-electron chi connectivity index (χ4n) is 2.48. The second-order valence-electron chi connectivity index (χ2n) is 6.54. The lowest BCUT2D eigenvalue weighted by Crippen LogP contribution is -2.02. The van der Waals surface area contributed by atoms with E-state index in [0.29, 0.717) is 0 Å². The van der Waals surface area contributed by atoms with Gasteiger partial charge in [-0.1, -0.05) is 70.1 Å². The molecular weight excluding hydrogens is 564 g/mol. The molecule has 0 N–H and O–H groups in total. The van der Waals surface area contributed by atoms with Gasteiger partial charge in [0.2, 0.25) is 0 Å². The molecule has 0 aliphatic rings. The van der Waals surface area contributed by atoms with Crippen molar-refractivity contribution in [2.75, 3.05) is 0 Å². The summed E-state index contributed by atoms with van der Waals surface area (Å²) in [4.78, 5) is 0. The number of nitrogens with zero attached hydrogens (tertiary/aromatic N) is 6. The van der Waals surface area contributed by atoms with Gasteiger partial charge in [-0.3, -0.25) is 0 Å². The highest BCUT2D eigenvalue weighted by atomic mass is 79.9. The summed E-state index contributed by atoms with van der Waals surface area (Å²) in [5, 5.41) is 15.7. The second kappa shape index (κ2) is 10.3. The molecule has 0 spiro atoms. The summed E-state index contributed by atoms with van der Waals surface area (Å²) in [6, 6.07) is 16.8. The summed E-state index contributed by atoms with van der Waals surface area (Å²) >= 11 is 9.98. The van der Waals surface area contributed by atoms with Crippen molar-refractivity contribution in [1.82, 2.24) is 30.0 Å². The SMILES string of the molecule is Cc1ccc(Cn2cc(Br)nn2)cc1.Cc1ccc(Cn2nnc(Br)c2Br)cc1. The summed E-state index contributed by atoms with van der Waals surface area (Å²) in [6.07, 6.45) is 1.86. The highest BCUT2D eigenvalue weighted by Crippen LogP contribution is 2.20. The Hall–Kier alpha value is -1.84. The van der Waals surface area contributed by atoms with Gasteiger partial charge < -0.3 is 0 Å². The molecule has 0 aliphatic carbocycles. The Balaban J connectivity index is 0.000000166. The Labute approximate surface area is 194 Å². The lowest BCUT2D eigenvalue weighted by atomic mass is 10.1. The van der Waals surface area contributed by atoms with E-state index in [-0.39, 0.29) is 0 Å². The van der Waals surface area contributed by atoms with Crippen molar-refractivity contribution in [1.29, 1.82) is 0 Å². The van der Waals surface area contributed by atoms with Crippen molar-refractivity contribution in [2.24, 2.45) is 0 Å². The number of hydrogen-bond donors (Lipinski definition) is 0. The van der Waals surface area contributed by atoms with Crippen molar-refractivity contribution in [3.05, 3.63) is 90.8 Å². The van der Waals surface area contributed by atoms with Crippen molar-refractivity contribution in [2.45, 2.75) is 26.9 Å². The Bertz CT molecular complexity index is 1050. The molecule has 4 aromatic rings. The van der Waals surface area contributed by atoms with Gasteiger partial charge in [-0.25, -0.2) is 9.36 Å². The van der Waals surface area contributed by atoms with Gasteiger partial charge in [0, 0.05) is 0 Å². The zero-order valence-corrected chi connectivity index (χ0v) is 20.7. The maximum atomic E-state index is 4.01. The number of benzene rings is 2. The van der Waals surface area contributed by atoms with Crippen molar-refractivity contribution < 1.29 is 0 Å². The van der Waals surface area contributed by atoms with Crippen LogP contribution < -0.4 is 0 Å². The van der Waals surface area contributed by atoms with Crippen LogP contribution in [0.5, 0.6) is 0 Å². The van der Waals surface area contributed by atoms with E-state index in [0.717, 1.165) is 26.9 Å². The van der Waals surface area contributed by atoms with Gasteiger partial charge in [-0.2, -0.15) is 0 Å². The van der Waals surface area contributed by atoms with Crippen LogP contribution in [0.1, 0.15) is 22.3 Å². The molecule has 2 aromatic carbocycles. The van der Waals surface area contributed by atoms with Crippen molar-refractivity contribution in [3.8, 4) is 0 Å². The molecule has 2 heterocycles. The first-order chi connectivity index (χ1) is 13.9. The molecule has 0 radical (unpaired) electrons. The molecule has 0 atom stereocenters. The number of halogens is 3. The van der Waals surface area contributed by atoms with Gasteiger partial charge >= 0.3 is 0 Å². The Morgan fingerprint density at radius 2 is 1.28 bits per heavy atom. The molecule has 6 nitrogen and oxygen atoms in total. The largest absolute Gasteiger partial charge is 0.247 e. The van der Waals surface area contributed by atoms with E-state index >= 15 is 0 Å². The zero-order valence-electron chi connectivity index (χ0n) is 15.9. The molecule has 2 aromatic heterocycles. The number of aryl methyl sites for hydroxylation is 2. The van der Waals surface area contributed by atoms with E-state index in [2.05, 4.69) is 131 Å². The number of aromatic nitrogens is 6. The van der Waals surface area contributed by atoms with Crippen LogP contribution in [0.15, 0.2) is 68.5 Å². The molecule has 0 saturated heterocycles. The van der Waals surface area contributed by atoms with E-state index in [1.165, 1.54) is 22.3 Å². The van der Waals surface area contributed by atoms with Crippen LogP contribution >= 0.6 is 47.8 Å². The molecule has 0 bridgehead atoms. The van der Waals surface area contributed by atoms with Gasteiger partial charge in [0.15, 0.2) is 4.60 Å². The van der Waals surface area contributed by atoms with Gasteiger partial charge in [-0.05, 0) is 72.8 Å². The Morgan fingerprint density at radius 3 is 1.72 bits per heavy atom. The summed E-state index contributed by atoms with van der Waals surface area (Å²) < 4.78 is 5.96. The first-order valence-corrected chi connectivity index (χ1v) is 11.2. The average molecular weight is 583 g/mol. The molecule has 4 rings (SSSR count). The lowest BCUT2D eigenvalue weighted by Gasteiger charge is -2.02. The predicted molar refractivity (Wildman–Crippen MR) is 124 cm³/mol. The zero-order chi connectivity index (χ0) is 20.8. The predicted octanol–water partition coefficient (Wildman–Crippen LogP) is 5.56. The summed E-state index contributed by atoms with van der Waals surface area (Å²) in [5.41, 5.74) is 4.97. The topological polar surface area (TPSA) is 61.4 Å². The van der Waals surface area contributed by atoms with E-state index < -0.39 is 0 Å². The Kier molecular flexibility index (Phi) is 7.74. The normalized spacial score (nSPS) is 10.5. The fraction of sp³-hybridized carbons (Fsp3) is 0.200. The molecule has 29 heavy (non-hydrogen) atoms. The average Bonchev–Trinajstić information content (AvgIpc) is 3.26. The smallest absolute Gasteiger partial charge is 0.162 e. The lowest BCUT2D eigenvalue weighted by molar-refractivity contribution is 0.638. The van der Waals surface area contributed by atoms with Crippen LogP contribution in [0.25, 0.3) is 0 Å². The van der Waals surface area contributed by atoms with Gasteiger partial charge in [0.1, 0.15) is 9.21 Å². The minimum Gasteiger partial charge on any atom is -0.247 e. The summed E-state index contributed by atoms with van der Waals surface area (Å²) in [6.45, 7) is 5.64. The second-order valence-corrected chi connectivity index (χ2v) is 8.85. The van der Waals surface area contributed by atoms with Crippen LogP contribution in [0.4, 0.5) is 0 Å². The van der Waals surface area contributed by atoms with E-state index in [4.69, 9.17) is 0 Å². The Morgan fingerprint density at radius 1 is 0.724 bits per heavy atom. The standard InChI is InChI=1S/C10H9Br2N3.C10H10BrN3/c1-7-2-4-8(5-3-7)6-15-10(12)9(11)13-14-15;1-8-2-4-9(5-3-8)6-14-7-10(11)12-13-14/h2-5H,6H2,1H3;2-5,7H,6H2,1H3. The third-order valence-electron chi connectivity index (χ3n) is 4.07. The first kappa shape index (κ1) is 21.9. The van der Waals surface area contributed by atoms with E-state index in [1.54, 1.807) is 9.36 Å². The third-order valence-corrected chi connectivity index (χ3v) is 6.28. The van der Waals surface area contributed by atoms with Crippen LogP contribution in [0, 0.1) is 13.8 Å². The van der Waals surface area contributed by atoms with Gasteiger partial charge in [0.05, 0.1) is 19.3 Å². The summed E-state index contributed by atoms with van der Waals surface area (Å²) in [7, 11) is 0. The molecule has 0 saturated carbocycles. The number of hydrogen-bond acceptors (Lipinski definition) is 4. The first-order valence-electron chi connectivity index (χ1n) is 8.82. The number of rotatable bonds is 4. The van der Waals surface area contributed by atoms with Gasteiger partial charge in [0.25, 0.3) is 0 Å². The van der Waals surface area contributed by atoms with Crippen LogP contribution in [-0.2, 0) is 13.1 Å². The minimum atomic E-state index is 0.722. The molecule has 0 aliphatic heterocycles. The maximum absolute atomic E-state index is 4.01. The molecule has 0 fully saturated rings. The van der Waals surface area contributed by atoms with Crippen molar-refractivity contribution in [3.63, 3.8) is 0 Å². The van der Waals surface area contributed by atoms with Crippen molar-refractivity contribution >= 4 is 47.8 Å². The maximum Gasteiger partial charge on any atom is 0.162 e. The molecular formula is C20H19Br3N6. The monoisotopic (exact) mass is 580 g/mol. The third kappa shape index (κ3) is 6.58. The van der Waals surface area contributed by atoms with E-state index in [1.807, 2.05) is 6.20 Å². The highest BCUT2D eigenvalue weighted by Gasteiger charge is 2.07. The van der Waals surface area contributed by atoms with Crippen LogP contribution in [0.2, 0.25) is 0 Å². The molecule has 9 heteroatoms. The molecule has 0 amide bonds. The summed E-state index contributed by atoms with van der Waals surface area (Å²) in [5.74, 6) is 0. The quantitative estimate of drug-likeness (QED) is 0.316.